The van der Waals surface area contributed by atoms with Gasteiger partial charge in [-0.3, -0.25) is 4.98 Å². The van der Waals surface area contributed by atoms with Crippen molar-refractivity contribution >= 4 is 12.6 Å². The number of benzene rings is 3. The van der Waals surface area contributed by atoms with Gasteiger partial charge in [-0.25, -0.2) is 0 Å². The van der Waals surface area contributed by atoms with Crippen LogP contribution in [0.25, 0.3) is 11.3 Å². The van der Waals surface area contributed by atoms with Crippen LogP contribution in [0.2, 0.25) is 0 Å². The van der Waals surface area contributed by atoms with Crippen molar-refractivity contribution in [1.82, 2.24) is 9.55 Å². The van der Waals surface area contributed by atoms with Crippen LogP contribution in [-0.2, 0) is 14.8 Å². The number of hydrogen-bond acceptors (Lipinski definition) is 3. The van der Waals surface area contributed by atoms with E-state index in [4.69, 9.17) is 9.31 Å². The summed E-state index contributed by atoms with van der Waals surface area (Å²) < 4.78 is 15.2. The van der Waals surface area contributed by atoms with Gasteiger partial charge in [-0.05, 0) is 55.9 Å². The number of hydrogen-bond donors (Lipinski definition) is 0. The van der Waals surface area contributed by atoms with Crippen LogP contribution in [-0.4, -0.2) is 27.9 Å². The first-order valence-corrected chi connectivity index (χ1v) is 12.8. The molecule has 3 aromatic carbocycles. The van der Waals surface area contributed by atoms with Crippen LogP contribution < -0.4 is 5.46 Å². The number of nitrogens with zero attached hydrogens (tertiary/aromatic N) is 2. The average Bonchev–Trinajstić information content (AvgIpc) is 3.48. The smallest absolute Gasteiger partial charge is 0.399 e. The van der Waals surface area contributed by atoms with Gasteiger partial charge in [0, 0.05) is 18.0 Å². The molecule has 5 heteroatoms. The maximum Gasteiger partial charge on any atom is 0.495 e. The van der Waals surface area contributed by atoms with Gasteiger partial charge in [-0.15, -0.1) is 0 Å². The molecule has 0 N–H and O–H groups in total. The second-order valence-corrected chi connectivity index (χ2v) is 10.7. The van der Waals surface area contributed by atoms with Crippen molar-refractivity contribution in [2.24, 2.45) is 0 Å². The minimum Gasteiger partial charge on any atom is -0.399 e. The molecule has 0 unspecified atom stereocenters. The first kappa shape index (κ1) is 23.7. The van der Waals surface area contributed by atoms with Gasteiger partial charge in [0.05, 0.1) is 23.1 Å². The maximum absolute atomic E-state index is 6.45. The van der Waals surface area contributed by atoms with Crippen molar-refractivity contribution in [3.05, 3.63) is 132 Å². The summed E-state index contributed by atoms with van der Waals surface area (Å²) in [6, 6.07) is 34.2. The topological polar surface area (TPSA) is 36.3 Å². The van der Waals surface area contributed by atoms with Crippen LogP contribution in [0, 0.1) is 0 Å². The fraction of sp³-hybridized carbons (Fsp3) is 0.219. The Labute approximate surface area is 219 Å². The van der Waals surface area contributed by atoms with E-state index in [1.165, 1.54) is 16.7 Å². The van der Waals surface area contributed by atoms with E-state index in [0.29, 0.717) is 0 Å². The Morgan fingerprint density at radius 2 is 1.11 bits per heavy atom. The average molecular weight is 486 g/mol. The predicted molar refractivity (Wildman–Crippen MR) is 149 cm³/mol. The Bertz CT molecular complexity index is 1370. The van der Waals surface area contributed by atoms with Crippen LogP contribution in [0.1, 0.15) is 44.4 Å². The van der Waals surface area contributed by atoms with Crippen molar-refractivity contribution in [3.63, 3.8) is 0 Å². The Morgan fingerprint density at radius 3 is 1.57 bits per heavy atom. The van der Waals surface area contributed by atoms with E-state index in [9.17, 15) is 0 Å². The summed E-state index contributed by atoms with van der Waals surface area (Å²) >= 11 is 0. The van der Waals surface area contributed by atoms with Crippen LogP contribution in [0.4, 0.5) is 0 Å². The summed E-state index contributed by atoms with van der Waals surface area (Å²) in [6.07, 6.45) is 6.04. The third kappa shape index (κ3) is 3.65. The van der Waals surface area contributed by atoms with Gasteiger partial charge in [0.1, 0.15) is 5.54 Å². The van der Waals surface area contributed by atoms with Crippen molar-refractivity contribution in [3.8, 4) is 11.3 Å². The maximum atomic E-state index is 6.45. The van der Waals surface area contributed by atoms with E-state index in [1.54, 1.807) is 0 Å². The molecule has 1 fully saturated rings. The predicted octanol–water partition coefficient (Wildman–Crippen LogP) is 6.13. The summed E-state index contributed by atoms with van der Waals surface area (Å²) in [6.45, 7) is 8.34. The number of rotatable bonds is 5. The van der Waals surface area contributed by atoms with Crippen LogP contribution in [0.3, 0.4) is 0 Å². The molecule has 37 heavy (non-hydrogen) atoms. The molecule has 0 spiro atoms. The highest BCUT2D eigenvalue weighted by atomic mass is 16.7. The van der Waals surface area contributed by atoms with Crippen molar-refractivity contribution in [1.29, 1.82) is 0 Å². The molecule has 0 aromatic heterocycles. The Morgan fingerprint density at radius 1 is 0.649 bits per heavy atom. The minimum absolute atomic E-state index is 0.419. The van der Waals surface area contributed by atoms with Gasteiger partial charge >= 0.3 is 7.12 Å². The second-order valence-electron chi connectivity index (χ2n) is 10.7. The second kappa shape index (κ2) is 8.72. The highest BCUT2D eigenvalue weighted by molar-refractivity contribution is 6.63. The third-order valence-electron chi connectivity index (χ3n) is 8.09. The molecule has 4 nitrogen and oxygen atoms in total. The lowest BCUT2D eigenvalue weighted by Gasteiger charge is -2.40. The van der Waals surface area contributed by atoms with E-state index >= 15 is 0 Å². The number of pyridine rings is 1. The standard InChI is InChI=1S/C32H31BN2O2/c1-30(2)31(3,4)37-33(36-30)28-20-21-35(29-23-34-22-27(28)29)32(24-14-8-5-9-15-24,25-16-10-6-11-17-25)26-18-12-7-13-19-26/h5-23H,1-4H3. The molecule has 0 aliphatic carbocycles. The van der Waals surface area contributed by atoms with Crippen molar-refractivity contribution < 1.29 is 9.31 Å². The molecule has 1 saturated heterocycles. The van der Waals surface area contributed by atoms with Crippen LogP contribution in [0.15, 0.2) is 116 Å². The largest absolute Gasteiger partial charge is 0.495 e. The SMILES string of the molecule is CC1(C)OB(c2ccn(C(c3ccccc3)(c3ccccc3)c3ccccc3)c3cncc2-3)OC1(C)C. The normalized spacial score (nSPS) is 16.8. The van der Waals surface area contributed by atoms with E-state index in [2.05, 4.69) is 141 Å². The van der Waals surface area contributed by atoms with Crippen LogP contribution >= 0.6 is 0 Å². The molecule has 3 aromatic rings. The molecule has 0 amide bonds. The molecule has 0 radical (unpaired) electrons. The third-order valence-corrected chi connectivity index (χ3v) is 8.09. The van der Waals surface area contributed by atoms with Crippen LogP contribution in [0.5, 0.6) is 0 Å². The van der Waals surface area contributed by atoms with E-state index in [-0.39, 0.29) is 0 Å². The highest BCUT2D eigenvalue weighted by Gasteiger charge is 2.53. The van der Waals surface area contributed by atoms with Gasteiger partial charge in [-0.1, -0.05) is 91.0 Å². The van der Waals surface area contributed by atoms with Crippen molar-refractivity contribution in [2.45, 2.75) is 44.4 Å². The molecular formula is C32H31BN2O2. The quantitative estimate of drug-likeness (QED) is 0.222. The van der Waals surface area contributed by atoms with Gasteiger partial charge in [-0.2, -0.15) is 0 Å². The molecular weight excluding hydrogens is 455 g/mol. The molecule has 0 atom stereocenters. The Kier molecular flexibility index (Phi) is 5.59. The fourth-order valence-corrected chi connectivity index (χ4v) is 5.48. The van der Waals surface area contributed by atoms with Gasteiger partial charge in [0.15, 0.2) is 0 Å². The molecule has 6 rings (SSSR count). The summed E-state index contributed by atoms with van der Waals surface area (Å²) in [4.78, 5) is 4.63. The molecule has 0 bridgehead atoms. The summed E-state index contributed by atoms with van der Waals surface area (Å²) in [5.41, 5.74) is 5.08. The Hall–Kier alpha value is -3.67. The minimum atomic E-state index is -0.619. The van der Waals surface area contributed by atoms with E-state index in [0.717, 1.165) is 16.7 Å². The zero-order valence-corrected chi connectivity index (χ0v) is 21.8. The molecule has 3 aliphatic rings. The van der Waals surface area contributed by atoms with Gasteiger partial charge in [0.2, 0.25) is 0 Å². The molecule has 3 heterocycles. The van der Waals surface area contributed by atoms with E-state index < -0.39 is 23.9 Å². The molecule has 184 valence electrons. The molecule has 0 saturated carbocycles. The Balaban J connectivity index is 1.64. The highest BCUT2D eigenvalue weighted by Crippen LogP contribution is 2.44. The zero-order valence-electron chi connectivity index (χ0n) is 21.8. The van der Waals surface area contributed by atoms with Gasteiger partial charge in [0.25, 0.3) is 0 Å². The lowest BCUT2D eigenvalue weighted by Crippen LogP contribution is -2.41. The number of aromatic nitrogens is 2. The first-order chi connectivity index (χ1) is 17.8. The summed E-state index contributed by atoms with van der Waals surface area (Å²) in [5, 5.41) is 0. The lowest BCUT2D eigenvalue weighted by atomic mass is 9.73. The molecule has 3 aliphatic heterocycles. The fourth-order valence-electron chi connectivity index (χ4n) is 5.48. The lowest BCUT2D eigenvalue weighted by molar-refractivity contribution is 0.00578. The summed E-state index contributed by atoms with van der Waals surface area (Å²) in [7, 11) is -0.467. The van der Waals surface area contributed by atoms with E-state index in [1.807, 2.05) is 12.4 Å². The number of fused-ring (bicyclic) bond motifs is 1. The first-order valence-electron chi connectivity index (χ1n) is 12.8. The summed E-state index contributed by atoms with van der Waals surface area (Å²) in [5.74, 6) is 0. The van der Waals surface area contributed by atoms with Gasteiger partial charge < -0.3 is 13.9 Å². The zero-order chi connectivity index (χ0) is 25.7. The monoisotopic (exact) mass is 486 g/mol. The van der Waals surface area contributed by atoms with Crippen molar-refractivity contribution in [2.75, 3.05) is 0 Å².